The van der Waals surface area contributed by atoms with Gasteiger partial charge in [0.1, 0.15) is 52.3 Å². The van der Waals surface area contributed by atoms with Crippen molar-refractivity contribution in [3.63, 3.8) is 0 Å². The highest BCUT2D eigenvalue weighted by Gasteiger charge is 2.30. The smallest absolute Gasteiger partial charge is 0.414 e. The molecule has 0 spiro atoms. The Morgan fingerprint density at radius 2 is 0.852 bits per heavy atom. The van der Waals surface area contributed by atoms with Crippen molar-refractivity contribution in [1.82, 2.24) is 31.2 Å². The number of para-hydroxylation sites is 4. The van der Waals surface area contributed by atoms with Crippen LogP contribution in [0.15, 0.2) is 146 Å². The van der Waals surface area contributed by atoms with Gasteiger partial charge in [-0.15, -0.1) is 0 Å². The Hall–Kier alpha value is -9.19. The number of aromatic nitrogens is 2. The number of nitrogens with one attached hydrogen (secondary N) is 4. The molecule has 0 saturated heterocycles. The Balaban J connectivity index is 0.000000602. The molecule has 4 atom stereocenters. The number of hydrogen-bond donors (Lipinski definition) is 7. The summed E-state index contributed by atoms with van der Waals surface area (Å²) in [6.07, 6.45) is -5.01. The molecule has 5 aromatic carbocycles. The zero-order chi connectivity index (χ0) is 63.0. The molecule has 0 aliphatic carbocycles. The second-order valence-corrected chi connectivity index (χ2v) is 23.9. The Kier molecular flexibility index (Phi) is 25.5. The van der Waals surface area contributed by atoms with Crippen molar-refractivity contribution in [2.75, 3.05) is 0 Å². The van der Waals surface area contributed by atoms with Crippen LogP contribution in [-0.4, -0.2) is 90.9 Å². The zero-order valence-electron chi connectivity index (χ0n) is 52.4. The minimum atomic E-state index is -1.21. The average Bonchev–Trinajstić information content (AvgIpc) is 2.93. The fourth-order valence-electron chi connectivity index (χ4n) is 7.86. The minimum absolute atomic E-state index is 0. The van der Waals surface area contributed by atoms with Gasteiger partial charge in [-0.3, -0.25) is 26.1 Å². The summed E-state index contributed by atoms with van der Waals surface area (Å²) in [7, 11) is 0. The number of nitrogens with two attached hydrogens (primary N) is 1. The summed E-state index contributed by atoms with van der Waals surface area (Å²) in [5.41, 5.74) is 8.78. The first-order valence-corrected chi connectivity index (χ1v) is 27.7. The fourth-order valence-corrected chi connectivity index (χ4v) is 7.86. The number of fused-ring (bicyclic) bond motifs is 2. The number of rotatable bonds is 14. The summed E-state index contributed by atoms with van der Waals surface area (Å²) in [5, 5.41) is 31.8. The molecule has 88 heavy (non-hydrogen) atoms. The third kappa shape index (κ3) is 24.7. The summed E-state index contributed by atoms with van der Waals surface area (Å²) in [6, 6.07) is 36.8. The van der Waals surface area contributed by atoms with Gasteiger partial charge in [-0.1, -0.05) is 93.7 Å². The van der Waals surface area contributed by atoms with Gasteiger partial charge in [-0.05, 0) is 161 Å². The van der Waals surface area contributed by atoms with E-state index < -0.39 is 76.9 Å². The first-order valence-electron chi connectivity index (χ1n) is 27.7. The maximum atomic E-state index is 13.0. The van der Waals surface area contributed by atoms with E-state index in [1.807, 2.05) is 54.6 Å². The highest BCUT2D eigenvalue weighted by atomic mass is 16.6. The molecule has 7 rings (SSSR count). The van der Waals surface area contributed by atoms with E-state index in [0.717, 1.165) is 16.7 Å². The van der Waals surface area contributed by atoms with Crippen LogP contribution in [0, 0.1) is 5.92 Å². The molecular formula is C65H87N9O14-2. The largest absolute Gasteiger partial charge is 1.00 e. The lowest BCUT2D eigenvalue weighted by atomic mass is 9.90. The van der Waals surface area contributed by atoms with E-state index in [0.29, 0.717) is 40.0 Å². The molecule has 2 aromatic heterocycles. The van der Waals surface area contributed by atoms with Crippen molar-refractivity contribution in [1.29, 1.82) is 0 Å². The number of ether oxygens (including phenoxy) is 5. The van der Waals surface area contributed by atoms with E-state index in [9.17, 15) is 34.2 Å². The monoisotopic (exact) mass is 1220 g/mol. The maximum Gasteiger partial charge on any atom is 0.414 e. The molecule has 4 amide bonds. The number of benzene rings is 5. The lowest BCUT2D eigenvalue weighted by Crippen LogP contribution is -2.47. The fraction of sp³-hybridized carbons (Fsp3) is 0.400. The third-order valence-electron chi connectivity index (χ3n) is 11.5. The van der Waals surface area contributed by atoms with Gasteiger partial charge in [-0.25, -0.2) is 39.1 Å². The minimum Gasteiger partial charge on any atom is -1.00 e. The molecule has 23 heteroatoms. The van der Waals surface area contributed by atoms with Crippen LogP contribution in [0.2, 0.25) is 0 Å². The van der Waals surface area contributed by atoms with Gasteiger partial charge in [0.15, 0.2) is 11.2 Å². The summed E-state index contributed by atoms with van der Waals surface area (Å²) >= 11 is 0. The molecular weight excluding hydrogens is 1130 g/mol. The first-order chi connectivity index (χ1) is 40.3. The lowest BCUT2D eigenvalue weighted by Gasteiger charge is -2.22. The molecule has 0 saturated carbocycles. The molecule has 478 valence electrons. The molecule has 0 aliphatic rings. The Bertz CT molecular complexity index is 3350. The standard InChI is InChI=1S/C36H42N4O8.C27H35N5O6.2CH4.2H/c1-35(2,3)47-33(43)39-32(40-34(44)48-36(4,5)6)37-26-18-16-23(17-19-26)20-25(21-29(41)45-22-24-12-8-7-9-13-24)30(42)31-38-27-14-10-11-15-28(27)46-31;1-26(2,3)37-24(34)31-23(32-25(35)38-27(4,5)6)29-17-13-11-16(12-14-17)15-18(28)21(33)22-30-19-9-7-8-10-20(19)36-22;;;;/h7-19,25,30,42H,20-22H2,1-6H3,(H2,37,39,40,43,44);7-14,18,21,33H,15,28H2,1-6H3,(H2,29,31,32,34,35);2*1H4;;/q;;;;2*-1/t25-,30?;18-,21?;;;;/m10..../s1. The highest BCUT2D eigenvalue weighted by molar-refractivity contribution is 6.03. The Labute approximate surface area is 516 Å². The van der Waals surface area contributed by atoms with E-state index in [1.54, 1.807) is 156 Å². The topological polar surface area (TPSA) is 323 Å². The van der Waals surface area contributed by atoms with Crippen molar-refractivity contribution in [2.45, 2.75) is 164 Å². The number of carbonyl (C=O) groups is 5. The van der Waals surface area contributed by atoms with Crippen LogP contribution >= 0.6 is 0 Å². The molecule has 0 radical (unpaired) electrons. The first kappa shape index (κ1) is 71.3. The van der Waals surface area contributed by atoms with E-state index >= 15 is 0 Å². The molecule has 0 fully saturated rings. The van der Waals surface area contributed by atoms with Crippen LogP contribution in [0.5, 0.6) is 0 Å². The lowest BCUT2D eigenvalue weighted by molar-refractivity contribution is -0.147. The number of esters is 1. The second-order valence-electron chi connectivity index (χ2n) is 23.9. The van der Waals surface area contributed by atoms with Gasteiger partial charge >= 0.3 is 30.3 Å². The van der Waals surface area contributed by atoms with Crippen LogP contribution in [-0.2, 0) is 47.9 Å². The Morgan fingerprint density at radius 3 is 1.23 bits per heavy atom. The second kappa shape index (κ2) is 31.5. The number of carbonyl (C=O) groups excluding carboxylic acids is 5. The van der Waals surface area contributed by atoms with Crippen LogP contribution < -0.4 is 27.0 Å². The molecule has 2 heterocycles. The molecule has 0 aliphatic heterocycles. The van der Waals surface area contributed by atoms with Crippen molar-refractivity contribution < 1.29 is 69.6 Å². The van der Waals surface area contributed by atoms with Gasteiger partial charge in [0.05, 0.1) is 17.8 Å². The molecule has 8 N–H and O–H groups in total. The number of hydrogen-bond acceptors (Lipinski definition) is 19. The number of amides is 4. The van der Waals surface area contributed by atoms with Crippen LogP contribution in [0.3, 0.4) is 0 Å². The van der Waals surface area contributed by atoms with Crippen molar-refractivity contribution >= 4 is 75.8 Å². The van der Waals surface area contributed by atoms with E-state index in [1.165, 1.54) is 0 Å². The van der Waals surface area contributed by atoms with Gasteiger partial charge in [-0.2, -0.15) is 0 Å². The zero-order valence-corrected chi connectivity index (χ0v) is 50.4. The van der Waals surface area contributed by atoms with E-state index in [2.05, 4.69) is 41.2 Å². The summed E-state index contributed by atoms with van der Waals surface area (Å²) in [5.74, 6) is -1.23. The van der Waals surface area contributed by atoms with Crippen molar-refractivity contribution in [2.24, 2.45) is 21.6 Å². The number of oxazole rings is 2. The molecule has 0 bridgehead atoms. The maximum absolute atomic E-state index is 13.0. The van der Waals surface area contributed by atoms with Crippen molar-refractivity contribution in [3.05, 3.63) is 156 Å². The summed E-state index contributed by atoms with van der Waals surface area (Å²) in [6.45, 7) is 20.7. The number of alkyl carbamates (subject to hydrolysis) is 4. The van der Waals surface area contributed by atoms with Gasteiger partial charge < -0.3 is 51.3 Å². The molecule has 23 nitrogen and oxygen atoms in total. The van der Waals surface area contributed by atoms with Crippen LogP contribution in [0.25, 0.3) is 22.2 Å². The number of aliphatic hydroxyl groups excluding tert-OH is 2. The van der Waals surface area contributed by atoms with Crippen molar-refractivity contribution in [3.8, 4) is 0 Å². The van der Waals surface area contributed by atoms with E-state index in [-0.39, 0.29) is 60.9 Å². The molecule has 2 unspecified atom stereocenters. The molecule has 7 aromatic rings. The normalized spacial score (nSPS) is 12.8. The third-order valence-corrected chi connectivity index (χ3v) is 11.5. The van der Waals surface area contributed by atoms with Gasteiger partial charge in [0.25, 0.3) is 0 Å². The van der Waals surface area contributed by atoms with Gasteiger partial charge in [0.2, 0.25) is 23.7 Å². The summed E-state index contributed by atoms with van der Waals surface area (Å²) < 4.78 is 38.1. The number of aliphatic imine (C=N–C) groups is 2. The number of aliphatic hydroxyl groups is 2. The quantitative estimate of drug-likeness (QED) is 0.0230. The SMILES string of the molecule is C.C.CC(C)(C)OC(=O)NC(=Nc1ccc(C[C@H](CC(=O)OCc2ccccc2)C(O)c2nc3ccccc3o2)cc1)NC(=O)OC(C)(C)C.CC(C)(C)OC(=O)NC(=Nc1ccc(C[C@H](N)C(O)c2nc3ccccc3o2)cc1)NC(=O)OC(C)(C)C.[H-].[H-]. The predicted molar refractivity (Wildman–Crippen MR) is 338 cm³/mol. The van der Waals surface area contributed by atoms with E-state index in [4.69, 9.17) is 38.3 Å². The number of nitrogens with zero attached hydrogens (tertiary/aromatic N) is 4. The van der Waals surface area contributed by atoms with Crippen LogP contribution in [0.4, 0.5) is 30.6 Å². The highest BCUT2D eigenvalue weighted by Crippen LogP contribution is 2.32. The Morgan fingerprint density at radius 1 is 0.500 bits per heavy atom. The van der Waals surface area contributed by atoms with Crippen LogP contribution in [0.1, 0.15) is 148 Å². The van der Waals surface area contributed by atoms with Gasteiger partial charge in [0, 0.05) is 12.0 Å². The average molecular weight is 1220 g/mol. The number of guanidine groups is 2. The summed E-state index contributed by atoms with van der Waals surface area (Å²) in [4.78, 5) is 79.9. The predicted octanol–water partition coefficient (Wildman–Crippen LogP) is 12.9.